The zero-order chi connectivity index (χ0) is 17.9. The van der Waals surface area contributed by atoms with Crippen molar-refractivity contribution in [1.29, 1.82) is 0 Å². The topological polar surface area (TPSA) is 73.5 Å². The lowest BCUT2D eigenvalue weighted by Gasteiger charge is -2.14. The molecule has 2 aromatic carbocycles. The van der Waals surface area contributed by atoms with Crippen molar-refractivity contribution in [1.82, 2.24) is 0 Å². The Kier molecular flexibility index (Phi) is 5.38. The largest absolute Gasteiger partial charge is 0.726 e. The van der Waals surface area contributed by atoms with Crippen LogP contribution >= 0.6 is 0 Å². The van der Waals surface area contributed by atoms with Crippen molar-refractivity contribution in [2.75, 3.05) is 26.1 Å². The summed E-state index contributed by atoms with van der Waals surface area (Å²) >= 11 is 0. The van der Waals surface area contributed by atoms with Crippen molar-refractivity contribution in [2.45, 2.75) is 0 Å². The van der Waals surface area contributed by atoms with E-state index < -0.39 is 10.4 Å². The summed E-state index contributed by atoms with van der Waals surface area (Å²) in [4.78, 5) is 2.16. The molecule has 0 saturated heterocycles. The van der Waals surface area contributed by atoms with Gasteiger partial charge >= 0.3 is 0 Å². The highest BCUT2D eigenvalue weighted by Gasteiger charge is 2.13. The molecule has 6 nitrogen and oxygen atoms in total. The van der Waals surface area contributed by atoms with Crippen LogP contribution in [0.2, 0.25) is 0 Å². The van der Waals surface area contributed by atoms with Crippen LogP contribution in [0.25, 0.3) is 21.8 Å². The summed E-state index contributed by atoms with van der Waals surface area (Å²) in [5.41, 5.74) is 3.79. The van der Waals surface area contributed by atoms with Gasteiger partial charge in [0.05, 0.1) is 18.2 Å². The standard InChI is InChI=1S/C16H17N2.CH4O4S/c1-17(2)15-9-6-10-16-13(15)11-12-7-4-5-8-14(12)18(16)3;1-5-6(2,3)4/h4-11H,1-3H3;1H3,(H,2,3,4)/q+1;/p-1. The van der Waals surface area contributed by atoms with E-state index in [0.717, 1.165) is 7.11 Å². The molecule has 1 heterocycles. The van der Waals surface area contributed by atoms with Crippen LogP contribution in [0.15, 0.2) is 48.5 Å². The zero-order valence-corrected chi connectivity index (χ0v) is 14.9. The highest BCUT2D eigenvalue weighted by atomic mass is 32.3. The van der Waals surface area contributed by atoms with E-state index in [0.29, 0.717) is 0 Å². The van der Waals surface area contributed by atoms with Crippen molar-refractivity contribution in [3.8, 4) is 0 Å². The van der Waals surface area contributed by atoms with Crippen LogP contribution in [-0.2, 0) is 21.6 Å². The molecule has 0 aliphatic carbocycles. The third-order valence-electron chi connectivity index (χ3n) is 3.71. The number of aromatic nitrogens is 1. The van der Waals surface area contributed by atoms with Gasteiger partial charge in [-0.05, 0) is 18.2 Å². The second-order valence-electron chi connectivity index (χ2n) is 5.44. The van der Waals surface area contributed by atoms with Gasteiger partial charge in [-0.15, -0.1) is 0 Å². The Morgan fingerprint density at radius 3 is 2.21 bits per heavy atom. The number of anilines is 1. The molecular formula is C17H20N2O4S. The van der Waals surface area contributed by atoms with Gasteiger partial charge in [-0.2, -0.15) is 4.57 Å². The number of nitrogens with zero attached hydrogens (tertiary/aromatic N) is 2. The van der Waals surface area contributed by atoms with E-state index >= 15 is 0 Å². The van der Waals surface area contributed by atoms with E-state index in [4.69, 9.17) is 0 Å². The molecule has 0 fully saturated rings. The van der Waals surface area contributed by atoms with Gasteiger partial charge in [0.25, 0.3) is 0 Å². The third kappa shape index (κ3) is 4.00. The first kappa shape index (κ1) is 18.1. The second-order valence-corrected chi connectivity index (χ2v) is 6.59. The molecule has 0 atom stereocenters. The third-order valence-corrected chi connectivity index (χ3v) is 4.11. The molecule has 0 bridgehead atoms. The fourth-order valence-corrected chi connectivity index (χ4v) is 2.57. The number of rotatable bonds is 2. The Hall–Kier alpha value is -2.22. The summed E-state index contributed by atoms with van der Waals surface area (Å²) in [6.45, 7) is 0. The van der Waals surface area contributed by atoms with Gasteiger partial charge < -0.3 is 9.45 Å². The molecule has 7 heteroatoms. The molecule has 0 N–H and O–H groups in total. The maximum Gasteiger partial charge on any atom is 0.217 e. The zero-order valence-electron chi connectivity index (χ0n) is 14.1. The number of aryl methyl sites for hydroxylation is 1. The van der Waals surface area contributed by atoms with Gasteiger partial charge in [-0.3, -0.25) is 4.18 Å². The highest BCUT2D eigenvalue weighted by Crippen LogP contribution is 2.26. The molecule has 0 saturated carbocycles. The molecule has 0 radical (unpaired) electrons. The fraction of sp³-hybridized carbons (Fsp3) is 0.235. The monoisotopic (exact) mass is 348 g/mol. The molecule has 128 valence electrons. The van der Waals surface area contributed by atoms with Crippen LogP contribution in [0.1, 0.15) is 0 Å². The summed E-state index contributed by atoms with van der Waals surface area (Å²) in [6, 6.07) is 17.2. The minimum absolute atomic E-state index is 0.808. The predicted octanol–water partition coefficient (Wildman–Crippen LogP) is 1.98. The molecule has 1 aromatic heterocycles. The lowest BCUT2D eigenvalue weighted by molar-refractivity contribution is -0.617. The van der Waals surface area contributed by atoms with E-state index in [1.807, 2.05) is 0 Å². The Labute approximate surface area is 141 Å². The average molecular weight is 348 g/mol. The molecule has 3 aromatic rings. The lowest BCUT2D eigenvalue weighted by atomic mass is 10.1. The first-order chi connectivity index (χ1) is 11.2. The van der Waals surface area contributed by atoms with Gasteiger partial charge in [0.15, 0.2) is 0 Å². The van der Waals surface area contributed by atoms with Crippen LogP contribution < -0.4 is 9.47 Å². The van der Waals surface area contributed by atoms with Crippen molar-refractivity contribution >= 4 is 37.9 Å². The SMILES string of the molecule is CN(C)c1cccc2c1cc1ccccc1[n+]2C.COS(=O)(=O)[O-]. The Bertz CT molecular complexity index is 969. The van der Waals surface area contributed by atoms with E-state index in [1.165, 1.54) is 27.5 Å². The van der Waals surface area contributed by atoms with Gasteiger partial charge in [0.2, 0.25) is 21.4 Å². The minimum atomic E-state index is -4.41. The molecular weight excluding hydrogens is 328 g/mol. The quantitative estimate of drug-likeness (QED) is 0.306. The average Bonchev–Trinajstić information content (AvgIpc) is 2.54. The Morgan fingerprint density at radius 1 is 1.04 bits per heavy atom. The van der Waals surface area contributed by atoms with E-state index in [-0.39, 0.29) is 0 Å². The fourth-order valence-electron chi connectivity index (χ4n) is 2.57. The Morgan fingerprint density at radius 2 is 1.62 bits per heavy atom. The van der Waals surface area contributed by atoms with Crippen LogP contribution in [0.3, 0.4) is 0 Å². The first-order valence-corrected chi connectivity index (χ1v) is 8.57. The highest BCUT2D eigenvalue weighted by molar-refractivity contribution is 7.80. The van der Waals surface area contributed by atoms with Crippen LogP contribution in [0.5, 0.6) is 0 Å². The van der Waals surface area contributed by atoms with E-state index in [2.05, 4.69) is 83.3 Å². The molecule has 0 spiro atoms. The van der Waals surface area contributed by atoms with Crippen LogP contribution in [0.4, 0.5) is 5.69 Å². The molecule has 0 amide bonds. The van der Waals surface area contributed by atoms with Crippen molar-refractivity contribution in [3.05, 3.63) is 48.5 Å². The molecule has 3 rings (SSSR count). The lowest BCUT2D eigenvalue weighted by Crippen LogP contribution is -2.30. The first-order valence-electron chi connectivity index (χ1n) is 7.24. The number of fused-ring (bicyclic) bond motifs is 2. The normalized spacial score (nSPS) is 11.2. The summed E-state index contributed by atoms with van der Waals surface area (Å²) in [5.74, 6) is 0. The molecule has 0 aliphatic heterocycles. The van der Waals surface area contributed by atoms with Gasteiger partial charge in [-0.1, -0.05) is 18.2 Å². The van der Waals surface area contributed by atoms with Crippen LogP contribution in [0, 0.1) is 0 Å². The van der Waals surface area contributed by atoms with Gasteiger partial charge in [-0.25, -0.2) is 8.42 Å². The second kappa shape index (κ2) is 7.12. The number of hydrogen-bond donors (Lipinski definition) is 0. The summed E-state index contributed by atoms with van der Waals surface area (Å²) < 4.78 is 33.3. The molecule has 0 aliphatic rings. The number of hydrogen-bond acceptors (Lipinski definition) is 5. The van der Waals surface area contributed by atoms with Crippen molar-refractivity contribution in [2.24, 2.45) is 7.05 Å². The number of pyridine rings is 1. The summed E-state index contributed by atoms with van der Waals surface area (Å²) in [5, 5.41) is 2.57. The summed E-state index contributed by atoms with van der Waals surface area (Å²) in [6.07, 6.45) is 0. The van der Waals surface area contributed by atoms with Crippen molar-refractivity contribution in [3.63, 3.8) is 0 Å². The number of benzene rings is 2. The predicted molar refractivity (Wildman–Crippen MR) is 93.7 cm³/mol. The van der Waals surface area contributed by atoms with Crippen molar-refractivity contribution < 1.29 is 21.7 Å². The minimum Gasteiger partial charge on any atom is -0.726 e. The van der Waals surface area contributed by atoms with E-state index in [1.54, 1.807) is 0 Å². The summed E-state index contributed by atoms with van der Waals surface area (Å²) in [7, 11) is 2.70. The maximum atomic E-state index is 9.22. The van der Waals surface area contributed by atoms with E-state index in [9.17, 15) is 13.0 Å². The molecule has 24 heavy (non-hydrogen) atoms. The smallest absolute Gasteiger partial charge is 0.217 e. The number of para-hydroxylation sites is 1. The maximum absolute atomic E-state index is 9.22. The Balaban J connectivity index is 0.000000301. The van der Waals surface area contributed by atoms with Crippen LogP contribution in [-0.4, -0.2) is 34.2 Å². The van der Waals surface area contributed by atoms with Gasteiger partial charge in [0, 0.05) is 31.6 Å². The molecule has 0 unspecified atom stereocenters. The van der Waals surface area contributed by atoms with Gasteiger partial charge in [0.1, 0.15) is 7.05 Å².